The van der Waals surface area contributed by atoms with Crippen molar-refractivity contribution in [3.8, 4) is 6.07 Å². The zero-order valence-corrected chi connectivity index (χ0v) is 8.91. The molecule has 1 unspecified atom stereocenters. The van der Waals surface area contributed by atoms with E-state index in [-0.39, 0.29) is 0 Å². The smallest absolute Gasteiger partial charge is 0.265 e. The number of nitrogens with zero attached hydrogens (tertiary/aromatic N) is 1. The van der Waals surface area contributed by atoms with Crippen molar-refractivity contribution in [3.63, 3.8) is 0 Å². The number of hydrogen-bond acceptors (Lipinski definition) is 3. The summed E-state index contributed by atoms with van der Waals surface area (Å²) in [6.45, 7) is 1.39. The SMILES string of the molecule is CC1CC(C#N)(C(=O)NCC(O)C(F)F)C1. The molecule has 0 spiro atoms. The largest absolute Gasteiger partial charge is 0.385 e. The van der Waals surface area contributed by atoms with Gasteiger partial charge >= 0.3 is 0 Å². The van der Waals surface area contributed by atoms with Crippen LogP contribution in [0.4, 0.5) is 8.78 Å². The quantitative estimate of drug-likeness (QED) is 0.748. The van der Waals surface area contributed by atoms with Crippen molar-refractivity contribution >= 4 is 5.91 Å². The van der Waals surface area contributed by atoms with Gasteiger partial charge in [-0.1, -0.05) is 6.92 Å². The molecule has 0 bridgehead atoms. The van der Waals surface area contributed by atoms with Crippen LogP contribution < -0.4 is 5.32 Å². The second kappa shape index (κ2) is 4.74. The molecule has 1 aliphatic rings. The highest BCUT2D eigenvalue weighted by molar-refractivity contribution is 5.86. The molecule has 1 fully saturated rings. The Hall–Kier alpha value is -1.22. The second-order valence-corrected chi connectivity index (χ2v) is 4.32. The molecule has 1 rings (SSSR count). The van der Waals surface area contributed by atoms with Gasteiger partial charge in [0.05, 0.1) is 6.07 Å². The number of nitriles is 1. The van der Waals surface area contributed by atoms with Crippen LogP contribution in [0.15, 0.2) is 0 Å². The summed E-state index contributed by atoms with van der Waals surface area (Å²) in [5, 5.41) is 19.9. The minimum atomic E-state index is -2.89. The van der Waals surface area contributed by atoms with Crippen molar-refractivity contribution in [3.05, 3.63) is 0 Å². The summed E-state index contributed by atoms with van der Waals surface area (Å²) in [5.74, 6) is -0.266. The van der Waals surface area contributed by atoms with Gasteiger partial charge in [-0.25, -0.2) is 8.78 Å². The first-order valence-corrected chi connectivity index (χ1v) is 5.07. The first-order valence-electron chi connectivity index (χ1n) is 5.07. The fourth-order valence-electron chi connectivity index (χ4n) is 1.91. The molecule has 1 amide bonds. The Labute approximate surface area is 92.2 Å². The third-order valence-corrected chi connectivity index (χ3v) is 2.81. The van der Waals surface area contributed by atoms with Crippen molar-refractivity contribution in [2.24, 2.45) is 11.3 Å². The van der Waals surface area contributed by atoms with E-state index in [4.69, 9.17) is 10.4 Å². The number of rotatable bonds is 4. The van der Waals surface area contributed by atoms with E-state index >= 15 is 0 Å². The van der Waals surface area contributed by atoms with Crippen molar-refractivity contribution in [2.75, 3.05) is 6.54 Å². The molecule has 0 aromatic carbocycles. The van der Waals surface area contributed by atoms with Gasteiger partial charge in [-0.3, -0.25) is 4.79 Å². The Balaban J connectivity index is 2.44. The zero-order valence-electron chi connectivity index (χ0n) is 8.91. The Bertz CT molecular complexity index is 308. The number of amides is 1. The Morgan fingerprint density at radius 3 is 2.62 bits per heavy atom. The lowest BCUT2D eigenvalue weighted by atomic mass is 9.63. The monoisotopic (exact) mass is 232 g/mol. The summed E-state index contributed by atoms with van der Waals surface area (Å²) in [6.07, 6.45) is -3.88. The van der Waals surface area contributed by atoms with Crippen molar-refractivity contribution in [1.82, 2.24) is 5.32 Å². The van der Waals surface area contributed by atoms with E-state index in [2.05, 4.69) is 5.32 Å². The Kier molecular flexibility index (Phi) is 3.81. The van der Waals surface area contributed by atoms with Gasteiger partial charge in [0.2, 0.25) is 5.91 Å². The molecule has 16 heavy (non-hydrogen) atoms. The molecule has 0 saturated heterocycles. The van der Waals surface area contributed by atoms with E-state index in [0.29, 0.717) is 18.8 Å². The molecule has 0 heterocycles. The fraction of sp³-hybridized carbons (Fsp3) is 0.800. The van der Waals surface area contributed by atoms with Gasteiger partial charge in [-0.05, 0) is 18.8 Å². The molecular weight excluding hydrogens is 218 g/mol. The van der Waals surface area contributed by atoms with Gasteiger partial charge in [0.1, 0.15) is 11.5 Å². The third-order valence-electron chi connectivity index (χ3n) is 2.81. The van der Waals surface area contributed by atoms with Crippen LogP contribution in [0.3, 0.4) is 0 Å². The van der Waals surface area contributed by atoms with Gasteiger partial charge in [0.15, 0.2) is 0 Å². The summed E-state index contributed by atoms with van der Waals surface area (Å²) in [7, 11) is 0. The number of carbonyl (C=O) groups excluding carboxylic acids is 1. The van der Waals surface area contributed by atoms with Crippen LogP contribution in [0.2, 0.25) is 0 Å². The van der Waals surface area contributed by atoms with Crippen LogP contribution in [0.5, 0.6) is 0 Å². The molecule has 2 N–H and O–H groups in total. The van der Waals surface area contributed by atoms with Gasteiger partial charge in [-0.2, -0.15) is 5.26 Å². The molecule has 1 atom stereocenters. The number of aliphatic hydroxyl groups excluding tert-OH is 1. The molecule has 1 saturated carbocycles. The average Bonchev–Trinajstić information content (AvgIpc) is 2.20. The first kappa shape index (κ1) is 12.8. The molecule has 0 aliphatic heterocycles. The highest BCUT2D eigenvalue weighted by Gasteiger charge is 2.48. The second-order valence-electron chi connectivity index (χ2n) is 4.32. The predicted molar refractivity (Wildman–Crippen MR) is 51.5 cm³/mol. The number of carbonyl (C=O) groups is 1. The number of halogens is 2. The molecule has 90 valence electrons. The van der Waals surface area contributed by atoms with Gasteiger partial charge in [0, 0.05) is 6.54 Å². The summed E-state index contributed by atoms with van der Waals surface area (Å²) < 4.78 is 23.9. The van der Waals surface area contributed by atoms with Gasteiger partial charge in [0.25, 0.3) is 6.43 Å². The lowest BCUT2D eigenvalue weighted by molar-refractivity contribution is -0.135. The van der Waals surface area contributed by atoms with Crippen LogP contribution in [0.25, 0.3) is 0 Å². The molecule has 4 nitrogen and oxygen atoms in total. The Morgan fingerprint density at radius 1 is 1.69 bits per heavy atom. The maximum Gasteiger partial charge on any atom is 0.265 e. The zero-order chi connectivity index (χ0) is 12.3. The lowest BCUT2D eigenvalue weighted by Gasteiger charge is -2.39. The van der Waals surface area contributed by atoms with Crippen LogP contribution >= 0.6 is 0 Å². The maximum absolute atomic E-state index is 11.9. The Morgan fingerprint density at radius 2 is 2.25 bits per heavy atom. The van der Waals surface area contributed by atoms with E-state index in [9.17, 15) is 13.6 Å². The molecule has 0 radical (unpaired) electrons. The fourth-order valence-corrected chi connectivity index (χ4v) is 1.91. The van der Waals surface area contributed by atoms with E-state index in [1.807, 2.05) is 13.0 Å². The molecule has 6 heteroatoms. The molecule has 0 aromatic rings. The first-order chi connectivity index (χ1) is 7.41. The van der Waals surface area contributed by atoms with Crippen molar-refractivity contribution in [2.45, 2.75) is 32.3 Å². The van der Waals surface area contributed by atoms with Crippen LogP contribution in [0.1, 0.15) is 19.8 Å². The van der Waals surface area contributed by atoms with Crippen molar-refractivity contribution < 1.29 is 18.7 Å². The number of hydrogen-bond donors (Lipinski definition) is 2. The maximum atomic E-state index is 11.9. The molecule has 0 aromatic heterocycles. The van der Waals surface area contributed by atoms with Crippen LogP contribution in [0, 0.1) is 22.7 Å². The van der Waals surface area contributed by atoms with Gasteiger partial charge in [-0.15, -0.1) is 0 Å². The predicted octanol–water partition coefficient (Wildman–Crippen LogP) is 0.668. The summed E-state index contributed by atoms with van der Waals surface area (Å²) in [6, 6.07) is 1.92. The van der Waals surface area contributed by atoms with Crippen LogP contribution in [-0.2, 0) is 4.79 Å². The van der Waals surface area contributed by atoms with E-state index in [0.717, 1.165) is 0 Å². The third kappa shape index (κ3) is 2.47. The number of aliphatic hydroxyl groups is 1. The standard InChI is InChI=1S/C10H14F2N2O2/c1-6-2-10(3-6,5-13)9(16)14-4-7(15)8(11)12/h6-8,15H,2-4H2,1H3,(H,14,16). The molecular formula is C10H14F2N2O2. The molecule has 1 aliphatic carbocycles. The highest BCUT2D eigenvalue weighted by atomic mass is 19.3. The summed E-state index contributed by atoms with van der Waals surface area (Å²) in [5.41, 5.74) is -1.08. The summed E-state index contributed by atoms with van der Waals surface area (Å²) in [4.78, 5) is 11.6. The normalized spacial score (nSPS) is 30.4. The van der Waals surface area contributed by atoms with Gasteiger partial charge < -0.3 is 10.4 Å². The van der Waals surface area contributed by atoms with E-state index in [1.165, 1.54) is 0 Å². The minimum Gasteiger partial charge on any atom is -0.385 e. The van der Waals surface area contributed by atoms with Crippen LogP contribution in [-0.4, -0.2) is 30.1 Å². The van der Waals surface area contributed by atoms with E-state index in [1.54, 1.807) is 0 Å². The highest BCUT2D eigenvalue weighted by Crippen LogP contribution is 2.44. The number of nitrogens with one attached hydrogen (secondary N) is 1. The lowest BCUT2D eigenvalue weighted by Crippen LogP contribution is -2.50. The average molecular weight is 232 g/mol. The topological polar surface area (TPSA) is 73.1 Å². The minimum absolute atomic E-state index is 0.297. The van der Waals surface area contributed by atoms with E-state index < -0.39 is 30.4 Å². The van der Waals surface area contributed by atoms with Crippen molar-refractivity contribution in [1.29, 1.82) is 5.26 Å². The number of alkyl halides is 2. The summed E-state index contributed by atoms with van der Waals surface area (Å²) >= 11 is 0.